The van der Waals surface area contributed by atoms with Gasteiger partial charge in [-0.15, -0.1) is 0 Å². The number of hydrogen-bond donors (Lipinski definition) is 1. The molecule has 0 aliphatic carbocycles. The van der Waals surface area contributed by atoms with Gasteiger partial charge in [-0.2, -0.15) is 0 Å². The van der Waals surface area contributed by atoms with Crippen molar-refractivity contribution in [2.24, 2.45) is 0 Å². The SMILES string of the molecule is CCCCCCCCC/C=C\CCCCCCCC(=O)OC(COC(=O)CCCCCCCCCCCCCCCCCCCCCCCCCCCCC)COP(=O)(O)OCC[N+](C)(C)C. The van der Waals surface area contributed by atoms with Gasteiger partial charge in [-0.1, -0.05) is 251 Å². The fourth-order valence-corrected chi connectivity index (χ4v) is 9.28. The van der Waals surface area contributed by atoms with E-state index in [9.17, 15) is 19.0 Å². The maximum Gasteiger partial charge on any atom is 0.472 e. The van der Waals surface area contributed by atoms with Crippen molar-refractivity contribution in [2.45, 2.75) is 296 Å². The molecular weight excluding hydrogens is 858 g/mol. The standard InChI is InChI=1S/C57H112NO8P/c1-6-8-10-12-14-16-18-20-22-24-25-26-27-28-29-30-31-32-33-34-36-37-39-41-43-45-47-49-56(59)63-53-55(54-65-67(61,62)64-52-51-58(3,4)5)66-57(60)50-48-46-44-42-40-38-35-23-21-19-17-15-13-11-9-7-2/h23,35,55H,6-22,24-34,36-54H2,1-5H3/p+1/b35-23-. The minimum atomic E-state index is -4.38. The van der Waals surface area contributed by atoms with Crippen LogP contribution < -0.4 is 0 Å². The molecule has 10 heteroatoms. The molecule has 0 aromatic carbocycles. The molecule has 0 aliphatic rings. The zero-order valence-electron chi connectivity index (χ0n) is 45.2. The Hall–Kier alpha value is -1.25. The number of allylic oxidation sites excluding steroid dienone is 2. The van der Waals surface area contributed by atoms with Gasteiger partial charge in [-0.25, -0.2) is 4.57 Å². The van der Waals surface area contributed by atoms with Crippen LogP contribution in [0.3, 0.4) is 0 Å². The van der Waals surface area contributed by atoms with Crippen LogP contribution in [0.2, 0.25) is 0 Å². The molecule has 67 heavy (non-hydrogen) atoms. The first kappa shape index (κ1) is 65.8. The Morgan fingerprint density at radius 3 is 1.10 bits per heavy atom. The van der Waals surface area contributed by atoms with Crippen molar-refractivity contribution in [1.82, 2.24) is 0 Å². The number of carbonyl (C=O) groups is 2. The van der Waals surface area contributed by atoms with Gasteiger partial charge in [-0.05, 0) is 38.5 Å². The normalized spacial score (nSPS) is 13.3. The summed E-state index contributed by atoms with van der Waals surface area (Å²) in [5.41, 5.74) is 0. The molecule has 1 N–H and O–H groups in total. The molecule has 0 rings (SSSR count). The molecule has 0 aromatic rings. The summed E-state index contributed by atoms with van der Waals surface area (Å²) in [4.78, 5) is 35.6. The number of nitrogens with zero attached hydrogens (tertiary/aromatic N) is 1. The van der Waals surface area contributed by atoms with Crippen molar-refractivity contribution >= 4 is 19.8 Å². The molecule has 0 fully saturated rings. The van der Waals surface area contributed by atoms with Gasteiger partial charge >= 0.3 is 19.8 Å². The van der Waals surface area contributed by atoms with Gasteiger partial charge in [0, 0.05) is 12.8 Å². The van der Waals surface area contributed by atoms with E-state index >= 15 is 0 Å². The smallest absolute Gasteiger partial charge is 0.462 e. The predicted molar refractivity (Wildman–Crippen MR) is 284 cm³/mol. The molecule has 0 heterocycles. The predicted octanol–water partition coefficient (Wildman–Crippen LogP) is 17.7. The van der Waals surface area contributed by atoms with E-state index in [1.165, 1.54) is 205 Å². The zero-order valence-corrected chi connectivity index (χ0v) is 46.1. The summed E-state index contributed by atoms with van der Waals surface area (Å²) in [6.07, 6.45) is 57.2. The van der Waals surface area contributed by atoms with E-state index < -0.39 is 26.5 Å². The number of rotatable bonds is 54. The lowest BCUT2D eigenvalue weighted by atomic mass is 10.0. The van der Waals surface area contributed by atoms with E-state index in [0.29, 0.717) is 23.9 Å². The Morgan fingerprint density at radius 2 is 0.761 bits per heavy atom. The van der Waals surface area contributed by atoms with E-state index in [1.807, 2.05) is 21.1 Å². The number of phosphoric acid groups is 1. The zero-order chi connectivity index (χ0) is 49.2. The van der Waals surface area contributed by atoms with E-state index in [1.54, 1.807) is 0 Å². The van der Waals surface area contributed by atoms with E-state index in [2.05, 4.69) is 26.0 Å². The first-order chi connectivity index (χ1) is 32.5. The second kappa shape index (κ2) is 49.7. The van der Waals surface area contributed by atoms with Gasteiger partial charge in [-0.3, -0.25) is 18.6 Å². The first-order valence-corrected chi connectivity index (χ1v) is 30.4. The molecular formula is C57H113NO8P+. The maximum absolute atomic E-state index is 12.8. The lowest BCUT2D eigenvalue weighted by molar-refractivity contribution is -0.870. The van der Waals surface area contributed by atoms with Crippen LogP contribution in [0.1, 0.15) is 290 Å². The Morgan fingerprint density at radius 1 is 0.448 bits per heavy atom. The van der Waals surface area contributed by atoms with Crippen molar-refractivity contribution in [3.05, 3.63) is 12.2 Å². The molecule has 2 atom stereocenters. The van der Waals surface area contributed by atoms with Crippen molar-refractivity contribution in [2.75, 3.05) is 47.5 Å². The number of carbonyl (C=O) groups excluding carboxylic acids is 2. The third-order valence-electron chi connectivity index (χ3n) is 13.0. The number of hydrogen-bond acceptors (Lipinski definition) is 7. The Labute approximate surface area is 416 Å². The third kappa shape index (κ3) is 53.9. The molecule has 0 saturated carbocycles. The van der Waals surface area contributed by atoms with E-state index in [-0.39, 0.29) is 25.6 Å². The summed E-state index contributed by atoms with van der Waals surface area (Å²) in [6.45, 7) is 4.47. The van der Waals surface area contributed by atoms with Crippen LogP contribution in [0.25, 0.3) is 0 Å². The van der Waals surface area contributed by atoms with Gasteiger partial charge in [0.1, 0.15) is 19.8 Å². The average molecular weight is 972 g/mol. The molecule has 0 aliphatic heterocycles. The van der Waals surface area contributed by atoms with Gasteiger partial charge in [0.15, 0.2) is 6.10 Å². The molecule has 0 radical (unpaired) electrons. The number of unbranched alkanes of at least 4 members (excludes halogenated alkanes) is 38. The highest BCUT2D eigenvalue weighted by Gasteiger charge is 2.27. The van der Waals surface area contributed by atoms with Crippen LogP contribution >= 0.6 is 7.82 Å². The summed E-state index contributed by atoms with van der Waals surface area (Å²) >= 11 is 0. The monoisotopic (exact) mass is 971 g/mol. The summed E-state index contributed by atoms with van der Waals surface area (Å²) in [6, 6.07) is 0. The largest absolute Gasteiger partial charge is 0.472 e. The van der Waals surface area contributed by atoms with Crippen molar-refractivity contribution in [3.63, 3.8) is 0 Å². The fourth-order valence-electron chi connectivity index (χ4n) is 8.54. The first-order valence-electron chi connectivity index (χ1n) is 28.9. The number of phosphoric ester groups is 1. The molecule has 0 aromatic heterocycles. The van der Waals surface area contributed by atoms with Crippen LogP contribution in [0.15, 0.2) is 12.2 Å². The minimum Gasteiger partial charge on any atom is -0.462 e. The lowest BCUT2D eigenvalue weighted by Crippen LogP contribution is -2.37. The topological polar surface area (TPSA) is 108 Å². The Kier molecular flexibility index (Phi) is 48.8. The quantitative estimate of drug-likeness (QED) is 0.0211. The Bertz CT molecular complexity index is 1140. The lowest BCUT2D eigenvalue weighted by Gasteiger charge is -2.24. The van der Waals surface area contributed by atoms with Gasteiger partial charge < -0.3 is 18.9 Å². The van der Waals surface area contributed by atoms with E-state index in [4.69, 9.17) is 18.5 Å². The summed E-state index contributed by atoms with van der Waals surface area (Å²) in [7, 11) is 1.49. The third-order valence-corrected chi connectivity index (χ3v) is 14.0. The molecule has 0 amide bonds. The second-order valence-electron chi connectivity index (χ2n) is 21.0. The van der Waals surface area contributed by atoms with Crippen molar-refractivity contribution < 1.29 is 42.1 Å². The van der Waals surface area contributed by atoms with Crippen molar-refractivity contribution in [1.29, 1.82) is 0 Å². The molecule has 398 valence electrons. The number of likely N-dealkylation sites (N-methyl/N-ethyl adjacent to an activating group) is 1. The molecule has 2 unspecified atom stereocenters. The minimum absolute atomic E-state index is 0.0336. The van der Waals surface area contributed by atoms with Gasteiger partial charge in [0.2, 0.25) is 0 Å². The van der Waals surface area contributed by atoms with Gasteiger partial charge in [0.25, 0.3) is 0 Å². The molecule has 0 spiro atoms. The van der Waals surface area contributed by atoms with Crippen LogP contribution in [0, 0.1) is 0 Å². The average Bonchev–Trinajstić information content (AvgIpc) is 3.29. The highest BCUT2D eigenvalue weighted by atomic mass is 31.2. The number of esters is 2. The van der Waals surface area contributed by atoms with E-state index in [0.717, 1.165) is 51.4 Å². The molecule has 0 bridgehead atoms. The number of ether oxygens (including phenoxy) is 2. The summed E-state index contributed by atoms with van der Waals surface area (Å²) < 4.78 is 34.5. The molecule has 9 nitrogen and oxygen atoms in total. The summed E-state index contributed by atoms with van der Waals surface area (Å²) in [5, 5.41) is 0. The van der Waals surface area contributed by atoms with Gasteiger partial charge in [0.05, 0.1) is 27.7 Å². The number of quaternary nitrogens is 1. The fraction of sp³-hybridized carbons (Fsp3) is 0.930. The Balaban J connectivity index is 4.06. The van der Waals surface area contributed by atoms with Crippen LogP contribution in [-0.4, -0.2) is 74.9 Å². The van der Waals surface area contributed by atoms with Crippen LogP contribution in [-0.2, 0) is 32.7 Å². The van der Waals surface area contributed by atoms with Crippen molar-refractivity contribution in [3.8, 4) is 0 Å². The van der Waals surface area contributed by atoms with Crippen LogP contribution in [0.4, 0.5) is 0 Å². The van der Waals surface area contributed by atoms with Crippen LogP contribution in [0.5, 0.6) is 0 Å². The highest BCUT2D eigenvalue weighted by molar-refractivity contribution is 7.47. The second-order valence-corrected chi connectivity index (χ2v) is 22.5. The summed E-state index contributed by atoms with van der Waals surface area (Å²) in [5.74, 6) is -0.790. The maximum atomic E-state index is 12.8. The highest BCUT2D eigenvalue weighted by Crippen LogP contribution is 2.43. The molecule has 0 saturated heterocycles.